The Labute approximate surface area is 119 Å². The summed E-state index contributed by atoms with van der Waals surface area (Å²) < 4.78 is 0. The van der Waals surface area contributed by atoms with Crippen molar-refractivity contribution in [3.63, 3.8) is 0 Å². The molecule has 1 amide bonds. The van der Waals surface area contributed by atoms with Gasteiger partial charge in [-0.15, -0.1) is 0 Å². The molecule has 0 aromatic rings. The van der Waals surface area contributed by atoms with Gasteiger partial charge < -0.3 is 10.0 Å². The lowest BCUT2D eigenvalue weighted by Gasteiger charge is -2.61. The fourth-order valence-electron chi connectivity index (χ4n) is 6.11. The molecule has 5 rings (SSSR count). The molecular formula is C16H23NO3. The van der Waals surface area contributed by atoms with Gasteiger partial charge in [-0.2, -0.15) is 0 Å². The first-order valence-corrected chi connectivity index (χ1v) is 7.91. The first kappa shape index (κ1) is 12.7. The molecule has 1 aliphatic heterocycles. The van der Waals surface area contributed by atoms with E-state index in [1.54, 1.807) is 0 Å². The zero-order valence-electron chi connectivity index (χ0n) is 12.1. The first-order chi connectivity index (χ1) is 9.39. The number of hydrogen-bond acceptors (Lipinski definition) is 2. The summed E-state index contributed by atoms with van der Waals surface area (Å²) in [5, 5.41) is 8.97. The lowest BCUT2D eigenvalue weighted by atomic mass is 9.44. The summed E-state index contributed by atoms with van der Waals surface area (Å²) >= 11 is 0. The zero-order chi connectivity index (χ0) is 14.1. The number of rotatable bonds is 2. The SMILES string of the molecule is CC12CC3CC(C1)CC(C(=O)N1CC(C(=O)O)C1)(C3)C2. The highest BCUT2D eigenvalue weighted by molar-refractivity contribution is 5.86. The van der Waals surface area contributed by atoms with Crippen molar-refractivity contribution in [3.8, 4) is 0 Å². The van der Waals surface area contributed by atoms with Gasteiger partial charge in [-0.3, -0.25) is 9.59 Å². The highest BCUT2D eigenvalue weighted by atomic mass is 16.4. The smallest absolute Gasteiger partial charge is 0.310 e. The second kappa shape index (κ2) is 3.77. The molecule has 0 aromatic carbocycles. The lowest BCUT2D eigenvalue weighted by Crippen LogP contribution is -2.62. The van der Waals surface area contributed by atoms with Gasteiger partial charge in [0.2, 0.25) is 5.91 Å². The second-order valence-electron chi connectivity index (χ2n) is 8.30. The number of carbonyl (C=O) groups excluding carboxylic acids is 1. The van der Waals surface area contributed by atoms with E-state index in [1.807, 2.05) is 4.90 Å². The number of carboxylic acids is 1. The van der Waals surface area contributed by atoms with Crippen LogP contribution < -0.4 is 0 Å². The third kappa shape index (κ3) is 1.66. The van der Waals surface area contributed by atoms with E-state index in [-0.39, 0.29) is 17.2 Å². The number of hydrogen-bond donors (Lipinski definition) is 1. The van der Waals surface area contributed by atoms with Crippen molar-refractivity contribution in [2.24, 2.45) is 28.6 Å². The van der Waals surface area contributed by atoms with Gasteiger partial charge in [0.05, 0.1) is 11.3 Å². The molecule has 20 heavy (non-hydrogen) atoms. The Morgan fingerprint density at radius 1 is 1.10 bits per heavy atom. The maximum atomic E-state index is 12.9. The zero-order valence-corrected chi connectivity index (χ0v) is 12.1. The van der Waals surface area contributed by atoms with Crippen LogP contribution in [0.15, 0.2) is 0 Å². The van der Waals surface area contributed by atoms with E-state index in [2.05, 4.69) is 6.92 Å². The minimum atomic E-state index is -0.758. The van der Waals surface area contributed by atoms with Crippen LogP contribution in [0.5, 0.6) is 0 Å². The van der Waals surface area contributed by atoms with Crippen molar-refractivity contribution >= 4 is 11.9 Å². The number of aliphatic carboxylic acids is 1. The molecule has 4 heteroatoms. The highest BCUT2D eigenvalue weighted by Gasteiger charge is 2.60. The van der Waals surface area contributed by atoms with Gasteiger partial charge in [-0.1, -0.05) is 6.92 Å². The summed E-state index contributed by atoms with van der Waals surface area (Å²) in [5.74, 6) is 0.661. The van der Waals surface area contributed by atoms with Gasteiger partial charge in [-0.25, -0.2) is 0 Å². The molecule has 4 nitrogen and oxygen atoms in total. The molecule has 4 aliphatic carbocycles. The summed E-state index contributed by atoms with van der Waals surface area (Å²) in [7, 11) is 0. The van der Waals surface area contributed by atoms with Gasteiger partial charge in [-0.05, 0) is 55.8 Å². The van der Waals surface area contributed by atoms with Crippen LogP contribution in [0.4, 0.5) is 0 Å². The number of amides is 1. The number of carbonyl (C=O) groups is 2. The van der Waals surface area contributed by atoms with Gasteiger partial charge in [0.1, 0.15) is 0 Å². The Balaban J connectivity index is 1.53. The Hall–Kier alpha value is -1.06. The number of nitrogens with zero attached hydrogens (tertiary/aromatic N) is 1. The van der Waals surface area contributed by atoms with Gasteiger partial charge in [0.25, 0.3) is 0 Å². The van der Waals surface area contributed by atoms with Crippen LogP contribution in [-0.2, 0) is 9.59 Å². The summed E-state index contributed by atoms with van der Waals surface area (Å²) in [6.45, 7) is 3.23. The molecule has 1 heterocycles. The Kier molecular flexibility index (Phi) is 2.39. The third-order valence-electron chi connectivity index (χ3n) is 6.33. The Morgan fingerprint density at radius 3 is 2.20 bits per heavy atom. The molecule has 0 radical (unpaired) electrons. The molecule has 4 bridgehead atoms. The van der Waals surface area contributed by atoms with Crippen molar-refractivity contribution in [1.29, 1.82) is 0 Å². The molecule has 4 saturated carbocycles. The van der Waals surface area contributed by atoms with Crippen LogP contribution >= 0.6 is 0 Å². The van der Waals surface area contributed by atoms with Crippen LogP contribution in [0.3, 0.4) is 0 Å². The monoisotopic (exact) mass is 277 g/mol. The Bertz CT molecular complexity index is 466. The quantitative estimate of drug-likeness (QED) is 0.841. The second-order valence-corrected chi connectivity index (χ2v) is 8.30. The fourth-order valence-corrected chi connectivity index (χ4v) is 6.11. The van der Waals surface area contributed by atoms with E-state index >= 15 is 0 Å². The molecule has 110 valence electrons. The third-order valence-corrected chi connectivity index (χ3v) is 6.33. The summed E-state index contributed by atoms with van der Waals surface area (Å²) in [5.41, 5.74) is 0.235. The van der Waals surface area contributed by atoms with E-state index in [0.29, 0.717) is 18.5 Å². The minimum Gasteiger partial charge on any atom is -0.481 e. The lowest BCUT2D eigenvalue weighted by molar-refractivity contribution is -0.175. The largest absolute Gasteiger partial charge is 0.481 e. The number of carboxylic acid groups (broad SMARTS) is 1. The standard InChI is InChI=1S/C16H23NO3/c1-15-3-10-2-11(4-15)6-16(5-10,9-15)14(20)17-7-12(8-17)13(18)19/h10-12H,2-9H2,1H3,(H,18,19). The maximum absolute atomic E-state index is 12.9. The Morgan fingerprint density at radius 2 is 1.70 bits per heavy atom. The van der Waals surface area contributed by atoms with Crippen molar-refractivity contribution in [1.82, 2.24) is 4.90 Å². The van der Waals surface area contributed by atoms with Gasteiger partial charge >= 0.3 is 5.97 Å². The van der Waals surface area contributed by atoms with E-state index in [1.165, 1.54) is 19.3 Å². The van der Waals surface area contributed by atoms with E-state index in [4.69, 9.17) is 5.11 Å². The van der Waals surface area contributed by atoms with E-state index in [9.17, 15) is 9.59 Å². The maximum Gasteiger partial charge on any atom is 0.310 e. The van der Waals surface area contributed by atoms with Gasteiger partial charge in [0.15, 0.2) is 0 Å². The van der Waals surface area contributed by atoms with E-state index in [0.717, 1.165) is 31.1 Å². The van der Waals surface area contributed by atoms with Crippen LogP contribution in [0, 0.1) is 28.6 Å². The van der Waals surface area contributed by atoms with E-state index < -0.39 is 5.97 Å². The molecule has 5 aliphatic rings. The molecular weight excluding hydrogens is 254 g/mol. The molecule has 0 spiro atoms. The average Bonchev–Trinajstić information content (AvgIpc) is 2.22. The highest BCUT2D eigenvalue weighted by Crippen LogP contribution is 2.65. The van der Waals surface area contributed by atoms with Crippen LogP contribution in [0.1, 0.15) is 45.4 Å². The van der Waals surface area contributed by atoms with Crippen molar-refractivity contribution in [2.75, 3.05) is 13.1 Å². The predicted molar refractivity (Wildman–Crippen MR) is 72.9 cm³/mol. The van der Waals surface area contributed by atoms with Crippen molar-refractivity contribution in [2.45, 2.75) is 45.4 Å². The van der Waals surface area contributed by atoms with Crippen molar-refractivity contribution < 1.29 is 14.7 Å². The normalized spacial score (nSPS) is 46.4. The van der Waals surface area contributed by atoms with Gasteiger partial charge in [0, 0.05) is 13.1 Å². The predicted octanol–water partition coefficient (Wildman–Crippen LogP) is 2.14. The molecule has 0 aromatic heterocycles. The first-order valence-electron chi connectivity index (χ1n) is 7.91. The summed E-state index contributed by atoms with van der Waals surface area (Å²) in [4.78, 5) is 25.6. The topological polar surface area (TPSA) is 57.6 Å². The molecule has 5 fully saturated rings. The number of likely N-dealkylation sites (tertiary alicyclic amines) is 1. The molecule has 2 atom stereocenters. The summed E-state index contributed by atoms with van der Waals surface area (Å²) in [6.07, 6.45) is 7.09. The van der Waals surface area contributed by atoms with Crippen LogP contribution in [0.2, 0.25) is 0 Å². The average molecular weight is 277 g/mol. The van der Waals surface area contributed by atoms with Crippen LogP contribution in [-0.4, -0.2) is 35.0 Å². The minimum absolute atomic E-state index is 0.137. The van der Waals surface area contributed by atoms with Crippen molar-refractivity contribution in [3.05, 3.63) is 0 Å². The summed E-state index contributed by atoms with van der Waals surface area (Å²) in [6, 6.07) is 0. The molecule has 2 unspecified atom stereocenters. The fraction of sp³-hybridized carbons (Fsp3) is 0.875. The molecule has 1 saturated heterocycles. The molecule has 1 N–H and O–H groups in total. The van der Waals surface area contributed by atoms with Crippen LogP contribution in [0.25, 0.3) is 0 Å².